The fraction of sp³-hybridized carbons (Fsp3) is 0.278. The summed E-state index contributed by atoms with van der Waals surface area (Å²) in [5.74, 6) is 4.00. The topological polar surface area (TPSA) is 37.4 Å². The van der Waals surface area contributed by atoms with E-state index >= 15 is 0 Å². The van der Waals surface area contributed by atoms with E-state index in [4.69, 9.17) is 9.47 Å². The van der Waals surface area contributed by atoms with Crippen molar-refractivity contribution in [2.45, 2.75) is 0 Å². The van der Waals surface area contributed by atoms with Gasteiger partial charge in [-0.05, 0) is 97.1 Å². The van der Waals surface area contributed by atoms with Gasteiger partial charge in [-0.1, -0.05) is 0 Å². The maximum absolute atomic E-state index is 5.50. The van der Waals surface area contributed by atoms with Gasteiger partial charge in [0.2, 0.25) is 0 Å². The average molecular weight is 591 g/mol. The molecule has 8 heteroatoms. The van der Waals surface area contributed by atoms with E-state index in [1.165, 1.54) is 22.7 Å². The smallest absolute Gasteiger partial charge is 0.374 e. The standard InChI is InChI=1S/C36H42N6O2/c1-37(2)27-7-11-29(12-8-27)39-23-25-41(31-15-19-33(43-5)20-16-31)35(39)36-40(30-13-9-28(10-14-30)38(3)4)24-26-42(36)32-17-21-34(44-6)22-18-32/h7-22H,23-26H2,1-6H3/q+2. The summed E-state index contributed by atoms with van der Waals surface area (Å²) in [5, 5.41) is 0. The first-order valence-corrected chi connectivity index (χ1v) is 15.1. The Morgan fingerprint density at radius 2 is 0.841 bits per heavy atom. The summed E-state index contributed by atoms with van der Waals surface area (Å²) < 4.78 is 15.9. The first-order valence-electron chi connectivity index (χ1n) is 15.1. The molecule has 0 saturated heterocycles. The molecule has 4 aromatic rings. The van der Waals surface area contributed by atoms with Crippen LogP contribution in [0.4, 0.5) is 34.1 Å². The number of anilines is 4. The highest BCUT2D eigenvalue weighted by Crippen LogP contribution is 2.31. The van der Waals surface area contributed by atoms with Crippen LogP contribution in [0.15, 0.2) is 97.1 Å². The lowest BCUT2D eigenvalue weighted by Crippen LogP contribution is -2.45. The Balaban J connectivity index is 1.57. The summed E-state index contributed by atoms with van der Waals surface area (Å²) in [7, 11) is 11.7. The summed E-state index contributed by atoms with van der Waals surface area (Å²) in [6.07, 6.45) is 0. The van der Waals surface area contributed by atoms with E-state index in [-0.39, 0.29) is 0 Å². The molecule has 0 saturated carbocycles. The molecule has 2 aliphatic heterocycles. The highest BCUT2D eigenvalue weighted by molar-refractivity contribution is 6.47. The number of nitrogens with zero attached hydrogens (tertiary/aromatic N) is 6. The minimum atomic E-state index is 0.849. The summed E-state index contributed by atoms with van der Waals surface area (Å²) >= 11 is 0. The van der Waals surface area contributed by atoms with Crippen molar-refractivity contribution in [3.8, 4) is 11.5 Å². The number of benzene rings is 4. The second kappa shape index (κ2) is 12.3. The third kappa shape index (κ3) is 5.55. The maximum Gasteiger partial charge on any atom is 0.374 e. The van der Waals surface area contributed by atoms with Crippen LogP contribution < -0.4 is 29.1 Å². The van der Waals surface area contributed by atoms with Crippen molar-refractivity contribution in [3.63, 3.8) is 0 Å². The van der Waals surface area contributed by atoms with Crippen LogP contribution in [-0.2, 0) is 0 Å². The van der Waals surface area contributed by atoms with Gasteiger partial charge in [-0.3, -0.25) is 0 Å². The summed E-state index contributed by atoms with van der Waals surface area (Å²) in [6.45, 7) is 3.42. The molecule has 0 N–H and O–H groups in total. The Morgan fingerprint density at radius 1 is 0.500 bits per heavy atom. The van der Waals surface area contributed by atoms with E-state index < -0.39 is 0 Å². The van der Waals surface area contributed by atoms with Gasteiger partial charge in [-0.15, -0.1) is 0 Å². The molecular weight excluding hydrogens is 548 g/mol. The molecule has 0 amide bonds. The van der Waals surface area contributed by atoms with E-state index in [0.29, 0.717) is 0 Å². The van der Waals surface area contributed by atoms with Crippen LogP contribution in [-0.4, -0.2) is 89.4 Å². The van der Waals surface area contributed by atoms with Gasteiger partial charge >= 0.3 is 11.7 Å². The van der Waals surface area contributed by atoms with E-state index in [2.05, 4.69) is 130 Å². The fourth-order valence-corrected chi connectivity index (χ4v) is 5.99. The van der Waals surface area contributed by atoms with E-state index in [9.17, 15) is 0 Å². The molecule has 0 aliphatic carbocycles. The first kappa shape index (κ1) is 29.1. The highest BCUT2D eigenvalue weighted by Gasteiger charge is 2.49. The molecule has 4 aromatic carbocycles. The summed E-state index contributed by atoms with van der Waals surface area (Å²) in [5.41, 5.74) is 6.95. The highest BCUT2D eigenvalue weighted by atomic mass is 16.5. The van der Waals surface area contributed by atoms with Gasteiger partial charge in [0.05, 0.1) is 14.2 Å². The van der Waals surface area contributed by atoms with Gasteiger partial charge in [0.1, 0.15) is 60.4 Å². The lowest BCUT2D eigenvalue weighted by atomic mass is 10.2. The number of methoxy groups -OCH3 is 2. The normalized spacial score (nSPS) is 14.9. The Bertz CT molecular complexity index is 1530. The predicted molar refractivity (Wildman–Crippen MR) is 182 cm³/mol. The van der Waals surface area contributed by atoms with Crippen molar-refractivity contribution in [3.05, 3.63) is 97.1 Å². The second-order valence-electron chi connectivity index (χ2n) is 11.5. The van der Waals surface area contributed by atoms with Gasteiger partial charge in [-0.25, -0.2) is 19.0 Å². The number of hydrogen-bond acceptors (Lipinski definition) is 6. The monoisotopic (exact) mass is 590 g/mol. The summed E-state index contributed by atoms with van der Waals surface area (Å²) in [6, 6.07) is 34.5. The molecule has 6 rings (SSSR count). The maximum atomic E-state index is 5.50. The van der Waals surface area contributed by atoms with Crippen molar-refractivity contribution in [2.75, 3.05) is 88.2 Å². The number of rotatable bonds is 9. The molecule has 44 heavy (non-hydrogen) atoms. The molecular formula is C36H42N6O2+2. The minimum Gasteiger partial charge on any atom is -0.497 e. The predicted octanol–water partition coefficient (Wildman–Crippen LogP) is 5.66. The zero-order valence-electron chi connectivity index (χ0n) is 26.6. The van der Waals surface area contributed by atoms with Crippen molar-refractivity contribution in [1.29, 1.82) is 0 Å². The van der Waals surface area contributed by atoms with Crippen molar-refractivity contribution in [2.24, 2.45) is 0 Å². The van der Waals surface area contributed by atoms with Crippen LogP contribution in [0, 0.1) is 0 Å². The Labute approximate surface area is 260 Å². The first-order chi connectivity index (χ1) is 21.4. The van der Waals surface area contributed by atoms with Crippen LogP contribution in [0.3, 0.4) is 0 Å². The third-order valence-corrected chi connectivity index (χ3v) is 8.44. The Kier molecular flexibility index (Phi) is 8.15. The van der Waals surface area contributed by atoms with E-state index in [1.807, 2.05) is 24.3 Å². The Hall–Kier alpha value is -4.98. The van der Waals surface area contributed by atoms with Crippen molar-refractivity contribution in [1.82, 2.24) is 0 Å². The SMILES string of the molecule is COc1ccc(N2CC[N+](c3ccc(N(C)C)cc3)=C2C2=[N+](c3ccc(N(C)C)cc3)CCN2c2ccc(OC)cc2)cc1. The molecule has 226 valence electrons. The third-order valence-electron chi connectivity index (χ3n) is 8.44. The van der Waals surface area contributed by atoms with Gasteiger partial charge < -0.3 is 19.3 Å². The Morgan fingerprint density at radius 3 is 1.14 bits per heavy atom. The second-order valence-corrected chi connectivity index (χ2v) is 11.5. The largest absolute Gasteiger partial charge is 0.497 e. The molecule has 0 bridgehead atoms. The average Bonchev–Trinajstić information content (AvgIpc) is 3.69. The van der Waals surface area contributed by atoms with E-state index in [0.717, 1.165) is 60.7 Å². The van der Waals surface area contributed by atoms with Gasteiger partial charge in [-0.2, -0.15) is 0 Å². The molecule has 2 aliphatic rings. The zero-order chi connectivity index (χ0) is 30.8. The quantitative estimate of drug-likeness (QED) is 0.234. The minimum absolute atomic E-state index is 0.849. The molecule has 0 radical (unpaired) electrons. The molecule has 0 aromatic heterocycles. The number of hydrogen-bond donors (Lipinski definition) is 0. The van der Waals surface area contributed by atoms with Crippen LogP contribution in [0.2, 0.25) is 0 Å². The molecule has 8 nitrogen and oxygen atoms in total. The van der Waals surface area contributed by atoms with Gasteiger partial charge in [0.15, 0.2) is 0 Å². The lowest BCUT2D eigenvalue weighted by molar-refractivity contribution is -0.441. The number of amidine groups is 2. The molecule has 0 unspecified atom stereocenters. The molecule has 0 spiro atoms. The van der Waals surface area contributed by atoms with Gasteiger partial charge in [0.25, 0.3) is 0 Å². The molecule has 2 heterocycles. The van der Waals surface area contributed by atoms with Crippen LogP contribution in [0.25, 0.3) is 0 Å². The lowest BCUT2D eigenvalue weighted by Gasteiger charge is -2.18. The van der Waals surface area contributed by atoms with E-state index in [1.54, 1.807) is 14.2 Å². The van der Waals surface area contributed by atoms with Gasteiger partial charge in [0, 0.05) is 39.6 Å². The van der Waals surface area contributed by atoms with Crippen molar-refractivity contribution >= 4 is 45.8 Å². The zero-order valence-corrected chi connectivity index (χ0v) is 26.6. The number of ether oxygens (including phenoxy) is 2. The van der Waals surface area contributed by atoms with Crippen LogP contribution >= 0.6 is 0 Å². The van der Waals surface area contributed by atoms with Crippen LogP contribution in [0.5, 0.6) is 11.5 Å². The summed E-state index contributed by atoms with van der Waals surface area (Å²) in [4.78, 5) is 9.16. The molecule has 0 fully saturated rings. The molecule has 0 atom stereocenters. The van der Waals surface area contributed by atoms with Crippen molar-refractivity contribution < 1.29 is 18.6 Å². The fourth-order valence-electron chi connectivity index (χ4n) is 5.99. The van der Waals surface area contributed by atoms with Crippen LogP contribution in [0.1, 0.15) is 0 Å².